The van der Waals surface area contributed by atoms with Crippen LogP contribution >= 0.6 is 0 Å². The number of furan rings is 1. The predicted molar refractivity (Wildman–Crippen MR) is 178 cm³/mol. The van der Waals surface area contributed by atoms with E-state index in [0.29, 0.717) is 0 Å². The lowest BCUT2D eigenvalue weighted by Gasteiger charge is -2.12. The molecular weight excluding hydrogens is 524 g/mol. The predicted octanol–water partition coefficient (Wildman–Crippen LogP) is 10.8. The Morgan fingerprint density at radius 3 is 1.72 bits per heavy atom. The zero-order valence-electron chi connectivity index (χ0n) is 23.2. The lowest BCUT2D eigenvalue weighted by atomic mass is 9.93. The van der Waals surface area contributed by atoms with Crippen LogP contribution < -0.4 is 0 Å². The van der Waals surface area contributed by atoms with Gasteiger partial charge in [0.25, 0.3) is 0 Å². The summed E-state index contributed by atoms with van der Waals surface area (Å²) in [6.45, 7) is 0. The largest absolute Gasteiger partial charge is 0.455 e. The minimum atomic E-state index is 0.913. The summed E-state index contributed by atoms with van der Waals surface area (Å²) < 4.78 is 6.34. The molecule has 3 heteroatoms. The second-order valence-electron chi connectivity index (χ2n) is 11.0. The first-order valence-corrected chi connectivity index (χ1v) is 14.5. The molecule has 0 fully saturated rings. The van der Waals surface area contributed by atoms with Crippen LogP contribution in [0.25, 0.3) is 87.9 Å². The second-order valence-corrected chi connectivity index (χ2v) is 11.0. The van der Waals surface area contributed by atoms with E-state index in [1.165, 1.54) is 16.3 Å². The van der Waals surface area contributed by atoms with Crippen LogP contribution in [0.3, 0.4) is 0 Å². The Morgan fingerprint density at radius 2 is 0.930 bits per heavy atom. The lowest BCUT2D eigenvalue weighted by molar-refractivity contribution is 0.670. The molecule has 0 unspecified atom stereocenters. The first kappa shape index (κ1) is 23.9. The first-order chi connectivity index (χ1) is 21.3. The molecule has 0 radical (unpaired) electrons. The molecule has 0 spiro atoms. The molecule has 200 valence electrons. The van der Waals surface area contributed by atoms with E-state index in [4.69, 9.17) is 14.4 Å². The van der Waals surface area contributed by atoms with Crippen molar-refractivity contribution in [1.29, 1.82) is 0 Å². The smallest absolute Gasteiger partial charge is 0.143 e. The molecule has 0 N–H and O–H groups in total. The molecule has 7 aromatic carbocycles. The lowest BCUT2D eigenvalue weighted by Crippen LogP contribution is -1.89. The van der Waals surface area contributed by atoms with Gasteiger partial charge >= 0.3 is 0 Å². The van der Waals surface area contributed by atoms with Gasteiger partial charge in [0, 0.05) is 39.5 Å². The number of hydrogen-bond donors (Lipinski definition) is 0. The average molecular weight is 549 g/mol. The molecule has 0 bridgehead atoms. The minimum absolute atomic E-state index is 0.913. The van der Waals surface area contributed by atoms with E-state index in [-0.39, 0.29) is 0 Å². The number of fused-ring (bicyclic) bond motifs is 9. The van der Waals surface area contributed by atoms with Crippen molar-refractivity contribution < 1.29 is 4.42 Å². The fraction of sp³-hybridized carbons (Fsp3) is 0. The number of nitrogens with zero attached hydrogens (tertiary/aromatic N) is 2. The SMILES string of the molecule is c1cc(-c2cccc(-c3cccc4c3oc3ccccc34)c2)cc(-c2ccc3c4ccccc4c4nccnc4c3c2)c1. The number of aromatic nitrogens is 2. The first-order valence-electron chi connectivity index (χ1n) is 14.5. The molecule has 0 saturated carbocycles. The maximum absolute atomic E-state index is 6.34. The number of benzene rings is 7. The van der Waals surface area contributed by atoms with Gasteiger partial charge in [-0.25, -0.2) is 0 Å². The van der Waals surface area contributed by atoms with E-state index < -0.39 is 0 Å². The third-order valence-electron chi connectivity index (χ3n) is 8.55. The third kappa shape index (κ3) is 3.75. The molecule has 2 aromatic heterocycles. The Balaban J connectivity index is 1.17. The monoisotopic (exact) mass is 548 g/mol. The van der Waals surface area contributed by atoms with E-state index in [0.717, 1.165) is 71.6 Å². The number of hydrogen-bond acceptors (Lipinski definition) is 3. The average Bonchev–Trinajstić information content (AvgIpc) is 3.47. The minimum Gasteiger partial charge on any atom is -0.455 e. The molecule has 0 aliphatic rings. The van der Waals surface area contributed by atoms with Gasteiger partial charge in [-0.05, 0) is 62.9 Å². The van der Waals surface area contributed by atoms with Crippen molar-refractivity contribution in [2.75, 3.05) is 0 Å². The van der Waals surface area contributed by atoms with Crippen LogP contribution in [0.2, 0.25) is 0 Å². The van der Waals surface area contributed by atoms with Crippen LogP contribution in [-0.2, 0) is 0 Å². The molecule has 0 amide bonds. The van der Waals surface area contributed by atoms with Crippen molar-refractivity contribution in [2.45, 2.75) is 0 Å². The van der Waals surface area contributed by atoms with Gasteiger partial charge in [-0.2, -0.15) is 0 Å². The van der Waals surface area contributed by atoms with E-state index in [2.05, 4.69) is 121 Å². The fourth-order valence-electron chi connectivity index (χ4n) is 6.53. The number of rotatable bonds is 3. The summed E-state index contributed by atoms with van der Waals surface area (Å²) in [4.78, 5) is 9.47. The molecular formula is C40H24N2O. The summed E-state index contributed by atoms with van der Waals surface area (Å²) in [5, 5.41) is 6.92. The van der Waals surface area contributed by atoms with E-state index in [9.17, 15) is 0 Å². The van der Waals surface area contributed by atoms with Crippen molar-refractivity contribution in [3.8, 4) is 33.4 Å². The Bertz CT molecular complexity index is 2490. The molecule has 0 saturated heterocycles. The normalized spacial score (nSPS) is 11.7. The van der Waals surface area contributed by atoms with Gasteiger partial charge in [0.15, 0.2) is 0 Å². The third-order valence-corrected chi connectivity index (χ3v) is 8.55. The standard InChI is InChI=1S/C40H24N2O/c1-2-14-34-31(12-1)32-19-18-28(24-36(32)39-38(34)41-20-21-42-39)26-9-5-8-25(22-26)27-10-6-11-29(23-27)30-15-7-16-35-33-13-3-4-17-37(33)43-40(30)35/h1-24H. The summed E-state index contributed by atoms with van der Waals surface area (Å²) in [6.07, 6.45) is 3.55. The summed E-state index contributed by atoms with van der Waals surface area (Å²) in [5.74, 6) is 0. The summed E-state index contributed by atoms with van der Waals surface area (Å²) >= 11 is 0. The Kier molecular flexibility index (Phi) is 5.20. The number of para-hydroxylation sites is 2. The Labute approximate surface area is 247 Å². The van der Waals surface area contributed by atoms with Crippen LogP contribution in [0, 0.1) is 0 Å². The quantitative estimate of drug-likeness (QED) is 0.206. The van der Waals surface area contributed by atoms with Gasteiger partial charge in [0.05, 0.1) is 11.0 Å². The van der Waals surface area contributed by atoms with Crippen molar-refractivity contribution in [2.24, 2.45) is 0 Å². The van der Waals surface area contributed by atoms with Crippen LogP contribution in [0.5, 0.6) is 0 Å². The van der Waals surface area contributed by atoms with Crippen LogP contribution in [-0.4, -0.2) is 9.97 Å². The van der Waals surface area contributed by atoms with Crippen LogP contribution in [0.1, 0.15) is 0 Å². The molecule has 43 heavy (non-hydrogen) atoms. The summed E-state index contributed by atoms with van der Waals surface area (Å²) in [6, 6.07) is 47.3. The van der Waals surface area contributed by atoms with Gasteiger partial charge in [-0.3, -0.25) is 9.97 Å². The summed E-state index contributed by atoms with van der Waals surface area (Å²) in [7, 11) is 0. The molecule has 0 aliphatic heterocycles. The van der Waals surface area contributed by atoms with E-state index in [1.54, 1.807) is 12.4 Å². The van der Waals surface area contributed by atoms with Crippen molar-refractivity contribution in [3.05, 3.63) is 146 Å². The maximum Gasteiger partial charge on any atom is 0.143 e. The fourth-order valence-corrected chi connectivity index (χ4v) is 6.53. The highest BCUT2D eigenvalue weighted by molar-refractivity contribution is 6.23. The molecule has 3 nitrogen and oxygen atoms in total. The van der Waals surface area contributed by atoms with Gasteiger partial charge in [0.1, 0.15) is 11.2 Å². The van der Waals surface area contributed by atoms with E-state index in [1.807, 2.05) is 12.1 Å². The van der Waals surface area contributed by atoms with Crippen LogP contribution in [0.4, 0.5) is 0 Å². The zero-order valence-corrected chi connectivity index (χ0v) is 23.2. The molecule has 0 atom stereocenters. The molecule has 9 rings (SSSR count). The van der Waals surface area contributed by atoms with Crippen molar-refractivity contribution >= 4 is 54.5 Å². The van der Waals surface area contributed by atoms with Crippen molar-refractivity contribution in [3.63, 3.8) is 0 Å². The molecule has 9 aromatic rings. The molecule has 0 aliphatic carbocycles. The highest BCUT2D eigenvalue weighted by Gasteiger charge is 2.14. The second kappa shape index (κ2) is 9.37. The van der Waals surface area contributed by atoms with Gasteiger partial charge in [0.2, 0.25) is 0 Å². The zero-order chi connectivity index (χ0) is 28.3. The van der Waals surface area contributed by atoms with Gasteiger partial charge in [-0.1, -0.05) is 109 Å². The molecule has 2 heterocycles. The van der Waals surface area contributed by atoms with Gasteiger partial charge in [-0.15, -0.1) is 0 Å². The highest BCUT2D eigenvalue weighted by atomic mass is 16.3. The topological polar surface area (TPSA) is 38.9 Å². The van der Waals surface area contributed by atoms with Crippen molar-refractivity contribution in [1.82, 2.24) is 9.97 Å². The van der Waals surface area contributed by atoms with Gasteiger partial charge < -0.3 is 4.42 Å². The highest BCUT2D eigenvalue weighted by Crippen LogP contribution is 2.38. The van der Waals surface area contributed by atoms with E-state index >= 15 is 0 Å². The Hall–Kier alpha value is -5.80. The summed E-state index contributed by atoms with van der Waals surface area (Å²) in [5.41, 5.74) is 10.6. The Morgan fingerprint density at radius 1 is 0.372 bits per heavy atom. The van der Waals surface area contributed by atoms with Crippen LogP contribution in [0.15, 0.2) is 150 Å². The maximum atomic E-state index is 6.34.